The van der Waals surface area contributed by atoms with Crippen LogP contribution in [0.2, 0.25) is 5.02 Å². The molecule has 0 saturated carbocycles. The average Bonchev–Trinajstić information content (AvgIpc) is 2.81. The lowest BCUT2D eigenvalue weighted by Gasteiger charge is -2.37. The summed E-state index contributed by atoms with van der Waals surface area (Å²) in [4.78, 5) is 27.4. The van der Waals surface area contributed by atoms with Gasteiger partial charge in [0.05, 0.1) is 18.3 Å². The summed E-state index contributed by atoms with van der Waals surface area (Å²) in [5.74, 6) is -0.729. The van der Waals surface area contributed by atoms with E-state index in [1.54, 1.807) is 24.0 Å². The molecule has 0 N–H and O–H groups in total. The Morgan fingerprint density at radius 3 is 2.14 bits per heavy atom. The number of piperazine rings is 1. The fourth-order valence-electron chi connectivity index (χ4n) is 3.86. The van der Waals surface area contributed by atoms with Crippen LogP contribution in [0.15, 0.2) is 48.5 Å². The third-order valence-corrected chi connectivity index (χ3v) is 6.02. The predicted octanol–water partition coefficient (Wildman–Crippen LogP) is 4.71. The second-order valence-corrected chi connectivity index (χ2v) is 8.86. The fourth-order valence-corrected chi connectivity index (χ4v) is 3.99. The van der Waals surface area contributed by atoms with Gasteiger partial charge in [-0.15, -0.1) is 0 Å². The zero-order valence-electron chi connectivity index (χ0n) is 19.6. The van der Waals surface area contributed by atoms with Crippen LogP contribution < -0.4 is 0 Å². The Hall–Kier alpha value is -2.62. The summed E-state index contributed by atoms with van der Waals surface area (Å²) in [5.41, 5.74) is 0.820. The zero-order valence-corrected chi connectivity index (χ0v) is 20.3. The summed E-state index contributed by atoms with van der Waals surface area (Å²) in [7, 11) is 0. The molecular weight excluding hydrogens is 485 g/mol. The maximum atomic E-state index is 12.8. The Bertz CT molecular complexity index is 991. The molecule has 1 aliphatic heterocycles. The number of halogens is 4. The number of carbonyl (C=O) groups excluding carboxylic acids is 2. The predicted molar refractivity (Wildman–Crippen MR) is 125 cm³/mol. The van der Waals surface area contributed by atoms with Gasteiger partial charge in [0, 0.05) is 44.7 Å². The Labute approximate surface area is 207 Å². The lowest BCUT2D eigenvalue weighted by molar-refractivity contribution is -0.158. The highest BCUT2D eigenvalue weighted by Crippen LogP contribution is 2.30. The van der Waals surface area contributed by atoms with Crippen molar-refractivity contribution in [2.75, 3.05) is 32.7 Å². The fraction of sp³-hybridized carbons (Fsp3) is 0.440. The number of amides is 1. The highest BCUT2D eigenvalue weighted by Gasteiger charge is 2.30. The maximum Gasteiger partial charge on any atom is 0.416 e. The number of alkyl halides is 3. The molecule has 0 bridgehead atoms. The van der Waals surface area contributed by atoms with Gasteiger partial charge in [0.25, 0.3) is 5.91 Å². The summed E-state index contributed by atoms with van der Waals surface area (Å²) in [6.45, 7) is 5.67. The number of nitrogens with zero attached hydrogens (tertiary/aromatic N) is 2. The maximum absolute atomic E-state index is 12.8. The number of rotatable bonds is 8. The van der Waals surface area contributed by atoms with Gasteiger partial charge in [-0.25, -0.2) is 0 Å². The number of benzene rings is 2. The number of esters is 1. The lowest BCUT2D eigenvalue weighted by atomic mass is 10.1. The van der Waals surface area contributed by atoms with E-state index in [1.807, 2.05) is 12.1 Å². The normalized spacial score (nSPS) is 16.6. The Morgan fingerprint density at radius 2 is 1.60 bits per heavy atom. The van der Waals surface area contributed by atoms with E-state index in [0.29, 0.717) is 43.3 Å². The second kappa shape index (κ2) is 11.9. The molecule has 190 valence electrons. The van der Waals surface area contributed by atoms with Crippen LogP contribution in [-0.2, 0) is 31.8 Å². The molecule has 1 fully saturated rings. The molecule has 1 amide bonds. The molecule has 1 aliphatic rings. The molecule has 10 heteroatoms. The number of hydrogen-bond acceptors (Lipinski definition) is 5. The largest absolute Gasteiger partial charge is 0.453 e. The van der Waals surface area contributed by atoms with E-state index in [2.05, 4.69) is 4.90 Å². The third kappa shape index (κ3) is 7.95. The van der Waals surface area contributed by atoms with Gasteiger partial charge < -0.3 is 14.4 Å². The van der Waals surface area contributed by atoms with Gasteiger partial charge in [-0.1, -0.05) is 35.9 Å². The molecule has 0 aliphatic carbocycles. The molecular formula is C25H28ClF3N2O4. The first-order valence-electron chi connectivity index (χ1n) is 11.2. The average molecular weight is 513 g/mol. The van der Waals surface area contributed by atoms with Gasteiger partial charge in [0.2, 0.25) is 0 Å². The van der Waals surface area contributed by atoms with Crippen LogP contribution in [0.5, 0.6) is 0 Å². The van der Waals surface area contributed by atoms with Crippen molar-refractivity contribution in [3.63, 3.8) is 0 Å². The number of hydrogen-bond donors (Lipinski definition) is 0. The first-order chi connectivity index (χ1) is 16.5. The van der Waals surface area contributed by atoms with Crippen molar-refractivity contribution in [1.29, 1.82) is 0 Å². The summed E-state index contributed by atoms with van der Waals surface area (Å²) >= 11 is 6.02. The van der Waals surface area contributed by atoms with Crippen molar-refractivity contribution >= 4 is 23.5 Å². The molecule has 2 unspecified atom stereocenters. The summed E-state index contributed by atoms with van der Waals surface area (Å²) in [6, 6.07) is 12.2. The third-order valence-electron chi connectivity index (χ3n) is 5.77. The van der Waals surface area contributed by atoms with Gasteiger partial charge in [0.1, 0.15) is 0 Å². The van der Waals surface area contributed by atoms with Crippen molar-refractivity contribution in [2.24, 2.45) is 0 Å². The smallest absolute Gasteiger partial charge is 0.416 e. The van der Waals surface area contributed by atoms with Crippen molar-refractivity contribution in [2.45, 2.75) is 38.8 Å². The van der Waals surface area contributed by atoms with Gasteiger partial charge in [0.15, 0.2) is 6.10 Å². The van der Waals surface area contributed by atoms with Crippen LogP contribution >= 0.6 is 11.6 Å². The molecule has 35 heavy (non-hydrogen) atoms. The summed E-state index contributed by atoms with van der Waals surface area (Å²) in [6.07, 6.45) is -5.56. The Kier molecular flexibility index (Phi) is 9.15. The van der Waals surface area contributed by atoms with E-state index in [4.69, 9.17) is 21.1 Å². The topological polar surface area (TPSA) is 59.1 Å². The van der Waals surface area contributed by atoms with Gasteiger partial charge in [-0.05, 0) is 42.3 Å². The number of carbonyl (C=O) groups is 2. The van der Waals surface area contributed by atoms with Crippen molar-refractivity contribution < 1.29 is 32.2 Å². The molecule has 1 saturated heterocycles. The van der Waals surface area contributed by atoms with Gasteiger partial charge >= 0.3 is 12.1 Å². The SMILES string of the molecule is CC(=O)OC(C)C(=O)N1CCN(CC(OCc2ccc(C(F)(F)F)cc2)c2ccc(Cl)cc2)CC1. The molecule has 0 spiro atoms. The molecule has 6 nitrogen and oxygen atoms in total. The zero-order chi connectivity index (χ0) is 25.6. The molecule has 2 atom stereocenters. The second-order valence-electron chi connectivity index (χ2n) is 8.42. The van der Waals surface area contributed by atoms with Crippen molar-refractivity contribution in [3.05, 3.63) is 70.2 Å². The van der Waals surface area contributed by atoms with Gasteiger partial charge in [-0.2, -0.15) is 13.2 Å². The first kappa shape index (κ1) is 27.0. The summed E-state index contributed by atoms with van der Waals surface area (Å²) in [5, 5.41) is 0.587. The molecule has 1 heterocycles. The minimum atomic E-state index is -4.38. The van der Waals surface area contributed by atoms with Crippen LogP contribution in [0.3, 0.4) is 0 Å². The lowest BCUT2D eigenvalue weighted by Crippen LogP contribution is -2.52. The van der Waals surface area contributed by atoms with E-state index in [0.717, 1.165) is 17.7 Å². The highest BCUT2D eigenvalue weighted by molar-refractivity contribution is 6.30. The Balaban J connectivity index is 1.61. The molecule has 2 aromatic rings. The standard InChI is InChI=1S/C25H28ClF3N2O4/c1-17(35-18(2)32)24(33)31-13-11-30(12-14-31)15-23(20-5-9-22(26)10-6-20)34-16-19-3-7-21(8-4-19)25(27,28)29/h3-10,17,23H,11-16H2,1-2H3. The summed E-state index contributed by atoms with van der Waals surface area (Å²) < 4.78 is 49.6. The highest BCUT2D eigenvalue weighted by atomic mass is 35.5. The molecule has 0 aromatic heterocycles. The molecule has 2 aromatic carbocycles. The van der Waals surface area contributed by atoms with E-state index in [1.165, 1.54) is 19.1 Å². The van der Waals surface area contributed by atoms with E-state index in [-0.39, 0.29) is 18.6 Å². The van der Waals surface area contributed by atoms with Crippen LogP contribution in [0.25, 0.3) is 0 Å². The minimum absolute atomic E-state index is 0.143. The quantitative estimate of drug-likeness (QED) is 0.479. The minimum Gasteiger partial charge on any atom is -0.453 e. The van der Waals surface area contributed by atoms with Crippen LogP contribution in [0.1, 0.15) is 36.6 Å². The van der Waals surface area contributed by atoms with Crippen molar-refractivity contribution in [3.8, 4) is 0 Å². The monoisotopic (exact) mass is 512 g/mol. The van der Waals surface area contributed by atoms with Gasteiger partial charge in [-0.3, -0.25) is 14.5 Å². The van der Waals surface area contributed by atoms with E-state index in [9.17, 15) is 22.8 Å². The van der Waals surface area contributed by atoms with E-state index >= 15 is 0 Å². The van der Waals surface area contributed by atoms with Crippen LogP contribution in [-0.4, -0.2) is 60.5 Å². The first-order valence-corrected chi connectivity index (χ1v) is 11.6. The van der Waals surface area contributed by atoms with E-state index < -0.39 is 23.8 Å². The van der Waals surface area contributed by atoms with Crippen LogP contribution in [0, 0.1) is 0 Å². The van der Waals surface area contributed by atoms with Crippen LogP contribution in [0.4, 0.5) is 13.2 Å². The molecule has 3 rings (SSSR count). The Morgan fingerprint density at radius 1 is 1.00 bits per heavy atom. The number of ether oxygens (including phenoxy) is 2. The van der Waals surface area contributed by atoms with Crippen molar-refractivity contribution in [1.82, 2.24) is 9.80 Å². The molecule has 0 radical (unpaired) electrons.